The van der Waals surface area contributed by atoms with Crippen molar-refractivity contribution in [3.8, 4) is 11.5 Å². The van der Waals surface area contributed by atoms with Gasteiger partial charge in [-0.05, 0) is 95.3 Å². The summed E-state index contributed by atoms with van der Waals surface area (Å²) >= 11 is 0. The molecular formula is C33H51LiO3P+. The molecule has 2 rings (SSSR count). The average molecular weight is 534 g/mol. The van der Waals surface area contributed by atoms with Gasteiger partial charge in [-0.3, -0.25) is 4.79 Å². The minimum atomic E-state index is 0. The molecule has 0 heterocycles. The maximum Gasteiger partial charge on any atom is 1.00 e. The van der Waals surface area contributed by atoms with E-state index in [0.29, 0.717) is 18.4 Å². The first-order chi connectivity index (χ1) is 17.7. The van der Waals surface area contributed by atoms with Crippen LogP contribution in [-0.4, -0.2) is 18.7 Å². The van der Waals surface area contributed by atoms with Crippen molar-refractivity contribution >= 4 is 19.4 Å². The number of aryl methyl sites for hydroxylation is 2. The van der Waals surface area contributed by atoms with Crippen molar-refractivity contribution in [2.24, 2.45) is 11.8 Å². The number of ether oxygens (including phenoxy) is 2. The number of rotatable bonds is 17. The standard InChI is InChI=1S/C33H51O3P.Li/c1-9-13-15-27(11-3)21-35-29-17-18-31(30(20-29)36-22-28(12-4)16-14-10-2)37-33(34)32-24(6)19-23(5)25(7)26(32)8;/h17-20,27-28,37H,9-16,21-22H2,1-8H3;/q;+1. The molecule has 3 nitrogen and oxygen atoms in total. The van der Waals surface area contributed by atoms with Crippen LogP contribution in [0.2, 0.25) is 0 Å². The van der Waals surface area contributed by atoms with E-state index in [1.54, 1.807) is 0 Å². The van der Waals surface area contributed by atoms with E-state index in [1.165, 1.54) is 49.7 Å². The zero-order valence-electron chi connectivity index (χ0n) is 25.8. The van der Waals surface area contributed by atoms with Gasteiger partial charge in [0.25, 0.3) is 0 Å². The van der Waals surface area contributed by atoms with Crippen molar-refractivity contribution in [3.05, 3.63) is 52.1 Å². The number of carbonyl (C=O) groups excluding carboxylic acids is 1. The fraction of sp³-hybridized carbons (Fsp3) is 0.606. The van der Waals surface area contributed by atoms with Gasteiger partial charge >= 0.3 is 18.9 Å². The Balaban J connectivity index is 0.00000722. The molecule has 206 valence electrons. The van der Waals surface area contributed by atoms with Gasteiger partial charge in [0.15, 0.2) is 5.52 Å². The molecule has 0 aliphatic carbocycles. The monoisotopic (exact) mass is 533 g/mol. The molecule has 0 aromatic heterocycles. The zero-order chi connectivity index (χ0) is 27.4. The van der Waals surface area contributed by atoms with Gasteiger partial charge in [0.05, 0.1) is 13.2 Å². The molecule has 0 saturated carbocycles. The Hall–Kier alpha value is -1.26. The third kappa shape index (κ3) is 10.4. The number of unbranched alkanes of at least 4 members (excludes halogenated alkanes) is 2. The van der Waals surface area contributed by atoms with E-state index in [9.17, 15) is 4.79 Å². The molecule has 0 N–H and O–H groups in total. The molecule has 2 aromatic rings. The van der Waals surface area contributed by atoms with Crippen molar-refractivity contribution in [3.63, 3.8) is 0 Å². The van der Waals surface area contributed by atoms with Crippen molar-refractivity contribution < 1.29 is 33.1 Å². The van der Waals surface area contributed by atoms with Gasteiger partial charge in [0.1, 0.15) is 11.5 Å². The van der Waals surface area contributed by atoms with Crippen LogP contribution in [0.4, 0.5) is 0 Å². The smallest absolute Gasteiger partial charge is 0.493 e. The summed E-state index contributed by atoms with van der Waals surface area (Å²) in [5.41, 5.74) is 5.64. The zero-order valence-corrected chi connectivity index (χ0v) is 26.8. The van der Waals surface area contributed by atoms with Crippen molar-refractivity contribution in [1.29, 1.82) is 0 Å². The molecule has 0 amide bonds. The van der Waals surface area contributed by atoms with Crippen molar-refractivity contribution in [1.82, 2.24) is 0 Å². The van der Waals surface area contributed by atoms with Gasteiger partial charge in [-0.1, -0.05) is 72.3 Å². The Morgan fingerprint density at radius 1 is 0.789 bits per heavy atom. The Bertz CT molecular complexity index is 1000. The summed E-state index contributed by atoms with van der Waals surface area (Å²) in [6.07, 6.45) is 9.49. The molecule has 3 atom stereocenters. The molecule has 0 spiro atoms. The van der Waals surface area contributed by atoms with Gasteiger partial charge in [-0.2, -0.15) is 0 Å². The third-order valence-electron chi connectivity index (χ3n) is 7.83. The predicted molar refractivity (Wildman–Crippen MR) is 162 cm³/mol. The summed E-state index contributed by atoms with van der Waals surface area (Å²) < 4.78 is 12.7. The van der Waals surface area contributed by atoms with Crippen LogP contribution in [0.3, 0.4) is 0 Å². The molecule has 0 saturated heterocycles. The fourth-order valence-electron chi connectivity index (χ4n) is 4.85. The normalized spacial score (nSPS) is 12.8. The second-order valence-electron chi connectivity index (χ2n) is 10.7. The number of hydrogen-bond donors (Lipinski definition) is 0. The first kappa shape index (κ1) is 34.8. The predicted octanol–water partition coefficient (Wildman–Crippen LogP) is 6.26. The minimum Gasteiger partial charge on any atom is -0.493 e. The Morgan fingerprint density at radius 2 is 1.37 bits per heavy atom. The van der Waals surface area contributed by atoms with Gasteiger partial charge in [-0.25, -0.2) is 0 Å². The van der Waals surface area contributed by atoms with Gasteiger partial charge in [-0.15, -0.1) is 0 Å². The largest absolute Gasteiger partial charge is 1.00 e. The fourth-order valence-corrected chi connectivity index (χ4v) is 6.04. The van der Waals surface area contributed by atoms with Crippen molar-refractivity contribution in [2.75, 3.05) is 13.2 Å². The van der Waals surface area contributed by atoms with Crippen LogP contribution in [0.5, 0.6) is 11.5 Å². The second-order valence-corrected chi connectivity index (χ2v) is 11.9. The van der Waals surface area contributed by atoms with E-state index in [2.05, 4.69) is 54.5 Å². The first-order valence-electron chi connectivity index (χ1n) is 14.5. The molecular weight excluding hydrogens is 482 g/mol. The summed E-state index contributed by atoms with van der Waals surface area (Å²) in [6, 6.07) is 8.22. The molecule has 0 aliphatic heterocycles. The SMILES string of the molecule is CCCCC(CC)COc1ccc(PC(=O)c2c(C)cc(C)c(C)c2C)c(OCC(CC)CCCC)c1.[Li+]. The third-order valence-corrected chi connectivity index (χ3v) is 8.99. The summed E-state index contributed by atoms with van der Waals surface area (Å²) in [7, 11) is 0.0198. The number of carbonyl (C=O) groups is 1. The quantitative estimate of drug-likeness (QED) is 0.178. The van der Waals surface area contributed by atoms with Crippen LogP contribution >= 0.6 is 8.58 Å². The summed E-state index contributed by atoms with van der Waals surface area (Å²) in [4.78, 5) is 13.6. The van der Waals surface area contributed by atoms with E-state index < -0.39 is 0 Å². The summed E-state index contributed by atoms with van der Waals surface area (Å²) in [6.45, 7) is 18.7. The second kappa shape index (κ2) is 18.2. The Labute approximate surface area is 247 Å². The van der Waals surface area contributed by atoms with Gasteiger partial charge in [0.2, 0.25) is 0 Å². The number of hydrogen-bond acceptors (Lipinski definition) is 3. The van der Waals surface area contributed by atoms with E-state index in [1.807, 2.05) is 25.1 Å². The van der Waals surface area contributed by atoms with E-state index in [4.69, 9.17) is 9.47 Å². The topological polar surface area (TPSA) is 35.5 Å². The Kier molecular flexibility index (Phi) is 16.6. The number of benzene rings is 2. The molecule has 0 bridgehead atoms. The minimum absolute atomic E-state index is 0. The maximum absolute atomic E-state index is 13.6. The molecule has 5 heteroatoms. The van der Waals surface area contributed by atoms with Crippen LogP contribution in [0.25, 0.3) is 0 Å². The van der Waals surface area contributed by atoms with Crippen LogP contribution in [0.1, 0.15) is 112 Å². The van der Waals surface area contributed by atoms with Crippen LogP contribution in [0, 0.1) is 39.5 Å². The molecule has 2 aromatic carbocycles. The van der Waals surface area contributed by atoms with E-state index >= 15 is 0 Å². The summed E-state index contributed by atoms with van der Waals surface area (Å²) in [5, 5.41) is 0.970. The van der Waals surface area contributed by atoms with Gasteiger partial charge in [0, 0.05) is 16.9 Å². The summed E-state index contributed by atoms with van der Waals surface area (Å²) in [5.74, 6) is 2.74. The Morgan fingerprint density at radius 3 is 1.92 bits per heavy atom. The van der Waals surface area contributed by atoms with E-state index in [-0.39, 0.29) is 33.0 Å². The van der Waals surface area contributed by atoms with Gasteiger partial charge < -0.3 is 9.47 Å². The van der Waals surface area contributed by atoms with Crippen LogP contribution in [-0.2, 0) is 0 Å². The molecule has 0 aliphatic rings. The maximum atomic E-state index is 13.6. The first-order valence-corrected chi connectivity index (χ1v) is 15.5. The average Bonchev–Trinajstić information content (AvgIpc) is 2.88. The van der Waals surface area contributed by atoms with E-state index in [0.717, 1.165) is 52.9 Å². The molecule has 3 unspecified atom stereocenters. The van der Waals surface area contributed by atoms with Crippen molar-refractivity contribution in [2.45, 2.75) is 107 Å². The van der Waals surface area contributed by atoms with Crippen LogP contribution in [0.15, 0.2) is 24.3 Å². The molecule has 38 heavy (non-hydrogen) atoms. The molecule has 0 radical (unpaired) electrons. The van der Waals surface area contributed by atoms with Crippen LogP contribution < -0.4 is 33.6 Å². The molecule has 0 fully saturated rings.